The third kappa shape index (κ3) is 2.76. The first kappa shape index (κ1) is 14.8. The zero-order valence-electron chi connectivity index (χ0n) is 12.3. The lowest BCUT2D eigenvalue weighted by Crippen LogP contribution is -2.37. The molecule has 0 unspecified atom stereocenters. The van der Waals surface area contributed by atoms with Crippen molar-refractivity contribution in [2.75, 3.05) is 6.54 Å². The summed E-state index contributed by atoms with van der Waals surface area (Å²) in [6, 6.07) is 6.77. The molecule has 0 atom stereocenters. The predicted octanol–water partition coefficient (Wildman–Crippen LogP) is 2.42. The third-order valence-electron chi connectivity index (χ3n) is 4.46. The Labute approximate surface area is 128 Å². The Morgan fingerprint density at radius 1 is 1.27 bits per heavy atom. The van der Waals surface area contributed by atoms with Crippen molar-refractivity contribution in [2.24, 2.45) is 5.73 Å². The quantitative estimate of drug-likeness (QED) is 0.861. The van der Waals surface area contributed by atoms with Crippen LogP contribution in [0.5, 0.6) is 0 Å². The summed E-state index contributed by atoms with van der Waals surface area (Å²) >= 11 is 0. The van der Waals surface area contributed by atoms with E-state index in [4.69, 9.17) is 5.73 Å². The largest absolute Gasteiger partial charge is 0.324 e. The zero-order chi connectivity index (χ0) is 15.6. The molecule has 0 bridgehead atoms. The summed E-state index contributed by atoms with van der Waals surface area (Å²) < 4.78 is 13.5. The molecule has 0 spiro atoms. The normalized spacial score (nSPS) is 16.1. The summed E-state index contributed by atoms with van der Waals surface area (Å²) in [6.45, 7) is -0.0457. The number of halogens is 1. The molecule has 1 aromatic heterocycles. The average molecular weight is 299 g/mol. The van der Waals surface area contributed by atoms with Crippen LogP contribution >= 0.6 is 0 Å². The van der Waals surface area contributed by atoms with Gasteiger partial charge in [-0.3, -0.25) is 4.79 Å². The molecule has 1 fully saturated rings. The summed E-state index contributed by atoms with van der Waals surface area (Å²) in [4.78, 5) is 20.1. The predicted molar refractivity (Wildman–Crippen MR) is 81.0 cm³/mol. The van der Waals surface area contributed by atoms with Crippen LogP contribution in [0.15, 0.2) is 36.7 Å². The smallest absolute Gasteiger partial charge is 0.179 e. The summed E-state index contributed by atoms with van der Waals surface area (Å²) in [5.41, 5.74) is 6.68. The van der Waals surface area contributed by atoms with Crippen molar-refractivity contribution in [2.45, 2.75) is 31.1 Å². The fraction of sp³-hybridized carbons (Fsp3) is 0.353. The third-order valence-corrected chi connectivity index (χ3v) is 4.46. The van der Waals surface area contributed by atoms with Gasteiger partial charge in [0.25, 0.3) is 0 Å². The Bertz CT molecular complexity index is 681. The first-order valence-corrected chi connectivity index (χ1v) is 7.43. The molecule has 22 heavy (non-hydrogen) atoms. The minimum absolute atomic E-state index is 0.0457. The number of rotatable bonds is 5. The van der Waals surface area contributed by atoms with Crippen LogP contribution in [0.2, 0.25) is 0 Å². The lowest BCUT2D eigenvalue weighted by Gasteiger charge is -2.42. The number of benzene rings is 1. The molecule has 0 aliphatic heterocycles. The van der Waals surface area contributed by atoms with Crippen molar-refractivity contribution < 1.29 is 9.18 Å². The number of hydrogen-bond donors (Lipinski definition) is 1. The highest BCUT2D eigenvalue weighted by atomic mass is 19.1. The van der Waals surface area contributed by atoms with Gasteiger partial charge in [-0.2, -0.15) is 0 Å². The molecule has 1 aliphatic carbocycles. The molecular weight excluding hydrogens is 281 g/mol. The van der Waals surface area contributed by atoms with Gasteiger partial charge in [-0.15, -0.1) is 0 Å². The standard InChI is InChI=1S/C17H18FN3O/c18-14-4-1-3-13(7-14)17(5-2-6-17)8-16-20-10-12(11-21-16)15(22)9-19/h1,3-4,7,10-11H,2,5-6,8-9,19H2. The van der Waals surface area contributed by atoms with Gasteiger partial charge in [-0.25, -0.2) is 14.4 Å². The van der Waals surface area contributed by atoms with Crippen LogP contribution in [0.4, 0.5) is 4.39 Å². The van der Waals surface area contributed by atoms with E-state index in [1.807, 2.05) is 6.07 Å². The van der Waals surface area contributed by atoms with Gasteiger partial charge < -0.3 is 5.73 Å². The number of carbonyl (C=O) groups is 1. The molecular formula is C17H18FN3O. The molecule has 3 rings (SSSR count). The summed E-state index contributed by atoms with van der Waals surface area (Å²) in [7, 11) is 0. The van der Waals surface area contributed by atoms with Crippen molar-refractivity contribution in [1.29, 1.82) is 0 Å². The highest BCUT2D eigenvalue weighted by Crippen LogP contribution is 2.45. The molecule has 1 saturated carbocycles. The molecule has 2 N–H and O–H groups in total. The fourth-order valence-corrected chi connectivity index (χ4v) is 3.00. The molecule has 0 radical (unpaired) electrons. The topological polar surface area (TPSA) is 68.9 Å². The van der Waals surface area contributed by atoms with Gasteiger partial charge >= 0.3 is 0 Å². The van der Waals surface area contributed by atoms with Crippen LogP contribution in [0.25, 0.3) is 0 Å². The van der Waals surface area contributed by atoms with Gasteiger partial charge in [0, 0.05) is 24.2 Å². The maximum Gasteiger partial charge on any atom is 0.179 e. The number of nitrogens with zero attached hydrogens (tertiary/aromatic N) is 2. The van der Waals surface area contributed by atoms with Crippen LogP contribution < -0.4 is 5.73 Å². The maximum absolute atomic E-state index is 13.5. The summed E-state index contributed by atoms with van der Waals surface area (Å²) in [6.07, 6.45) is 6.84. The minimum Gasteiger partial charge on any atom is -0.324 e. The van der Waals surface area contributed by atoms with E-state index in [1.54, 1.807) is 12.1 Å². The number of aromatic nitrogens is 2. The zero-order valence-corrected chi connectivity index (χ0v) is 12.3. The first-order chi connectivity index (χ1) is 10.6. The molecule has 4 nitrogen and oxygen atoms in total. The number of hydrogen-bond acceptors (Lipinski definition) is 4. The molecule has 1 heterocycles. The Morgan fingerprint density at radius 2 is 2.00 bits per heavy atom. The second-order valence-corrected chi connectivity index (χ2v) is 5.84. The monoisotopic (exact) mass is 299 g/mol. The molecule has 5 heteroatoms. The molecule has 2 aromatic rings. The van der Waals surface area contributed by atoms with Gasteiger partial charge in [0.15, 0.2) is 5.78 Å². The fourth-order valence-electron chi connectivity index (χ4n) is 3.00. The Hall–Kier alpha value is -2.14. The second kappa shape index (κ2) is 5.93. The van der Waals surface area contributed by atoms with E-state index in [9.17, 15) is 9.18 Å². The van der Waals surface area contributed by atoms with E-state index in [-0.39, 0.29) is 23.6 Å². The van der Waals surface area contributed by atoms with Crippen molar-refractivity contribution in [3.05, 3.63) is 59.4 Å². The van der Waals surface area contributed by atoms with Crippen LogP contribution in [0.3, 0.4) is 0 Å². The molecule has 0 amide bonds. The number of Topliss-reactive ketones (excluding diaryl/α,β-unsaturated/α-hetero) is 1. The minimum atomic E-state index is -0.214. The highest BCUT2D eigenvalue weighted by Gasteiger charge is 2.39. The second-order valence-electron chi connectivity index (χ2n) is 5.84. The molecule has 1 aliphatic rings. The van der Waals surface area contributed by atoms with Crippen LogP contribution in [0, 0.1) is 5.82 Å². The molecule has 1 aromatic carbocycles. The maximum atomic E-state index is 13.5. The van der Waals surface area contributed by atoms with Gasteiger partial charge in [0.1, 0.15) is 11.6 Å². The first-order valence-electron chi connectivity index (χ1n) is 7.43. The van der Waals surface area contributed by atoms with Crippen molar-refractivity contribution >= 4 is 5.78 Å². The van der Waals surface area contributed by atoms with Crippen LogP contribution in [-0.4, -0.2) is 22.3 Å². The van der Waals surface area contributed by atoms with E-state index in [0.717, 1.165) is 24.8 Å². The molecule has 0 saturated heterocycles. The lowest BCUT2D eigenvalue weighted by molar-refractivity contribution is 0.100. The SMILES string of the molecule is NCC(=O)c1cnc(CC2(c3cccc(F)c3)CCC2)nc1. The van der Waals surface area contributed by atoms with Crippen molar-refractivity contribution in [3.8, 4) is 0 Å². The van der Waals surface area contributed by atoms with Gasteiger partial charge in [-0.05, 0) is 30.5 Å². The molecule has 114 valence electrons. The van der Waals surface area contributed by atoms with Crippen molar-refractivity contribution in [3.63, 3.8) is 0 Å². The van der Waals surface area contributed by atoms with E-state index < -0.39 is 0 Å². The number of carbonyl (C=O) groups excluding carboxylic acids is 1. The summed E-state index contributed by atoms with van der Waals surface area (Å²) in [5.74, 6) is 0.293. The van der Waals surface area contributed by atoms with E-state index in [0.29, 0.717) is 17.8 Å². The highest BCUT2D eigenvalue weighted by molar-refractivity contribution is 5.96. The Morgan fingerprint density at radius 3 is 2.55 bits per heavy atom. The summed E-state index contributed by atoms with van der Waals surface area (Å²) in [5, 5.41) is 0. The van der Waals surface area contributed by atoms with Crippen molar-refractivity contribution in [1.82, 2.24) is 9.97 Å². The van der Waals surface area contributed by atoms with E-state index in [2.05, 4.69) is 9.97 Å². The lowest BCUT2D eigenvalue weighted by atomic mass is 9.62. The number of ketones is 1. The average Bonchev–Trinajstić information content (AvgIpc) is 2.50. The number of nitrogens with two attached hydrogens (primary N) is 1. The van der Waals surface area contributed by atoms with Gasteiger partial charge in [0.2, 0.25) is 0 Å². The Balaban J connectivity index is 1.82. The van der Waals surface area contributed by atoms with Crippen LogP contribution in [-0.2, 0) is 11.8 Å². The van der Waals surface area contributed by atoms with Gasteiger partial charge in [-0.1, -0.05) is 18.6 Å². The van der Waals surface area contributed by atoms with Crippen LogP contribution in [0.1, 0.15) is 41.0 Å². The van der Waals surface area contributed by atoms with Gasteiger partial charge in [0.05, 0.1) is 12.1 Å². The van der Waals surface area contributed by atoms with E-state index in [1.165, 1.54) is 18.5 Å². The van der Waals surface area contributed by atoms with E-state index >= 15 is 0 Å². The Kier molecular flexibility index (Phi) is 3.98.